The van der Waals surface area contributed by atoms with Crippen LogP contribution < -0.4 is 5.43 Å². The van der Waals surface area contributed by atoms with Gasteiger partial charge in [-0.15, -0.1) is 12.4 Å². The number of aromatic nitrogens is 1. The van der Waals surface area contributed by atoms with Crippen molar-refractivity contribution >= 4 is 39.7 Å². The molecule has 0 aliphatic carbocycles. The summed E-state index contributed by atoms with van der Waals surface area (Å²) in [5.41, 5.74) is 5.88. The quantitative estimate of drug-likeness (QED) is 0.681. The maximum atomic E-state index is 4.31. The Hall–Kier alpha value is -1.39. The molecule has 0 spiro atoms. The van der Waals surface area contributed by atoms with Crippen molar-refractivity contribution in [2.75, 3.05) is 5.43 Å². The average Bonchev–Trinajstić information content (AvgIpc) is 2.39. The van der Waals surface area contributed by atoms with E-state index in [0.29, 0.717) is 0 Å². The molecule has 0 amide bonds. The van der Waals surface area contributed by atoms with Crippen LogP contribution in [0.3, 0.4) is 0 Å². The van der Waals surface area contributed by atoms with Crippen LogP contribution in [-0.4, -0.2) is 10.7 Å². The fourth-order valence-electron chi connectivity index (χ4n) is 1.31. The molecule has 0 saturated carbocycles. The fraction of sp³-hybridized carbons (Fsp3) is 0.0769. The summed E-state index contributed by atoms with van der Waals surface area (Å²) in [6, 6.07) is 11.7. The molecule has 0 atom stereocenters. The number of hydrazone groups is 1. The molecule has 1 aromatic carbocycles. The lowest BCUT2D eigenvalue weighted by Gasteiger charge is -2.03. The zero-order chi connectivity index (χ0) is 12.1. The lowest BCUT2D eigenvalue weighted by molar-refractivity contribution is 1.28. The molecule has 0 bridgehead atoms. The van der Waals surface area contributed by atoms with Gasteiger partial charge in [-0.25, -0.2) is 0 Å². The molecule has 5 heteroatoms. The minimum Gasteiger partial charge on any atom is -0.278 e. The molecule has 0 aliphatic heterocycles. The molecule has 1 aromatic heterocycles. The lowest BCUT2D eigenvalue weighted by atomic mass is 10.2. The van der Waals surface area contributed by atoms with Gasteiger partial charge in [-0.2, -0.15) is 5.10 Å². The molecular formula is C13H13BrClN3. The molecule has 0 aliphatic rings. The second-order valence-corrected chi connectivity index (χ2v) is 4.47. The predicted molar refractivity (Wildman–Crippen MR) is 81.5 cm³/mol. The zero-order valence-corrected chi connectivity index (χ0v) is 12.2. The van der Waals surface area contributed by atoms with E-state index >= 15 is 0 Å². The SMILES string of the molecule is C/C(=N/Nc1ccc(Br)cc1)c1cccnc1.Cl. The lowest BCUT2D eigenvalue weighted by Crippen LogP contribution is -1.99. The minimum absolute atomic E-state index is 0. The number of halogens is 2. The van der Waals surface area contributed by atoms with Crippen LogP contribution in [0.15, 0.2) is 58.4 Å². The summed E-state index contributed by atoms with van der Waals surface area (Å²) >= 11 is 3.39. The first-order valence-electron chi connectivity index (χ1n) is 5.22. The summed E-state index contributed by atoms with van der Waals surface area (Å²) in [6.07, 6.45) is 3.54. The maximum Gasteiger partial charge on any atom is 0.0663 e. The number of benzene rings is 1. The number of nitrogens with zero attached hydrogens (tertiary/aromatic N) is 2. The fourth-order valence-corrected chi connectivity index (χ4v) is 1.58. The van der Waals surface area contributed by atoms with E-state index < -0.39 is 0 Å². The van der Waals surface area contributed by atoms with Gasteiger partial charge in [0, 0.05) is 22.4 Å². The van der Waals surface area contributed by atoms with Crippen LogP contribution in [0.4, 0.5) is 5.69 Å². The van der Waals surface area contributed by atoms with Crippen molar-refractivity contribution in [3.05, 3.63) is 58.8 Å². The molecule has 0 unspecified atom stereocenters. The molecule has 0 fully saturated rings. The van der Waals surface area contributed by atoms with Crippen LogP contribution in [0.25, 0.3) is 0 Å². The second-order valence-electron chi connectivity index (χ2n) is 3.56. The van der Waals surface area contributed by atoms with Gasteiger partial charge < -0.3 is 0 Å². The first-order valence-corrected chi connectivity index (χ1v) is 6.01. The highest BCUT2D eigenvalue weighted by Gasteiger charge is 1.96. The average molecular weight is 327 g/mol. The number of pyridine rings is 1. The van der Waals surface area contributed by atoms with Gasteiger partial charge in [0.2, 0.25) is 0 Å². The van der Waals surface area contributed by atoms with Crippen LogP contribution >= 0.6 is 28.3 Å². The predicted octanol–water partition coefficient (Wildman–Crippen LogP) is 4.10. The number of hydrogen-bond donors (Lipinski definition) is 1. The number of hydrogen-bond acceptors (Lipinski definition) is 3. The van der Waals surface area contributed by atoms with Gasteiger partial charge in [-0.3, -0.25) is 10.4 Å². The van der Waals surface area contributed by atoms with Crippen molar-refractivity contribution in [1.82, 2.24) is 4.98 Å². The highest BCUT2D eigenvalue weighted by Crippen LogP contribution is 2.14. The summed E-state index contributed by atoms with van der Waals surface area (Å²) in [6.45, 7) is 1.95. The Morgan fingerprint density at radius 2 is 1.94 bits per heavy atom. The van der Waals surface area contributed by atoms with Crippen molar-refractivity contribution in [1.29, 1.82) is 0 Å². The van der Waals surface area contributed by atoms with Crippen LogP contribution in [0.5, 0.6) is 0 Å². The third-order valence-corrected chi connectivity index (χ3v) is 2.80. The van der Waals surface area contributed by atoms with Crippen LogP contribution in [0, 0.1) is 0 Å². The first kappa shape index (κ1) is 14.7. The van der Waals surface area contributed by atoms with Crippen LogP contribution in [-0.2, 0) is 0 Å². The van der Waals surface area contributed by atoms with E-state index in [2.05, 4.69) is 31.4 Å². The largest absolute Gasteiger partial charge is 0.278 e. The Balaban J connectivity index is 0.00000162. The van der Waals surface area contributed by atoms with E-state index in [-0.39, 0.29) is 12.4 Å². The number of rotatable bonds is 3. The third-order valence-electron chi connectivity index (χ3n) is 2.28. The molecule has 1 heterocycles. The highest BCUT2D eigenvalue weighted by atomic mass is 79.9. The van der Waals surface area contributed by atoms with E-state index in [4.69, 9.17) is 0 Å². The van der Waals surface area contributed by atoms with Gasteiger partial charge in [-0.1, -0.05) is 22.0 Å². The molecule has 3 nitrogen and oxygen atoms in total. The molecule has 0 saturated heterocycles. The Morgan fingerprint density at radius 1 is 1.22 bits per heavy atom. The van der Waals surface area contributed by atoms with Crippen molar-refractivity contribution in [3.8, 4) is 0 Å². The summed E-state index contributed by atoms with van der Waals surface area (Å²) < 4.78 is 1.05. The van der Waals surface area contributed by atoms with Gasteiger partial charge in [0.25, 0.3) is 0 Å². The third kappa shape index (κ3) is 4.13. The molecule has 1 N–H and O–H groups in total. The van der Waals surface area contributed by atoms with E-state index in [9.17, 15) is 0 Å². The molecular weight excluding hydrogens is 314 g/mol. The Bertz CT molecular complexity index is 512. The first-order chi connectivity index (χ1) is 8.25. The summed E-state index contributed by atoms with van der Waals surface area (Å²) in [5.74, 6) is 0. The van der Waals surface area contributed by atoms with E-state index in [1.54, 1.807) is 12.4 Å². The van der Waals surface area contributed by atoms with Gasteiger partial charge in [-0.05, 0) is 37.3 Å². The summed E-state index contributed by atoms with van der Waals surface area (Å²) in [5, 5.41) is 4.31. The second kappa shape index (κ2) is 7.13. The summed E-state index contributed by atoms with van der Waals surface area (Å²) in [7, 11) is 0. The molecule has 2 rings (SSSR count). The summed E-state index contributed by atoms with van der Waals surface area (Å²) in [4.78, 5) is 4.06. The van der Waals surface area contributed by atoms with Gasteiger partial charge in [0.05, 0.1) is 11.4 Å². The van der Waals surface area contributed by atoms with Crippen molar-refractivity contribution in [3.63, 3.8) is 0 Å². The van der Waals surface area contributed by atoms with Crippen LogP contribution in [0.2, 0.25) is 0 Å². The minimum atomic E-state index is 0. The number of anilines is 1. The van der Waals surface area contributed by atoms with Gasteiger partial charge in [0.15, 0.2) is 0 Å². The normalized spacial score (nSPS) is 10.7. The topological polar surface area (TPSA) is 37.3 Å². The van der Waals surface area contributed by atoms with Crippen molar-refractivity contribution in [2.24, 2.45) is 5.10 Å². The monoisotopic (exact) mass is 325 g/mol. The highest BCUT2D eigenvalue weighted by molar-refractivity contribution is 9.10. The van der Waals surface area contributed by atoms with E-state index in [1.165, 1.54) is 0 Å². The maximum absolute atomic E-state index is 4.31. The Kier molecular flexibility index (Phi) is 5.82. The smallest absolute Gasteiger partial charge is 0.0663 e. The Labute approximate surface area is 121 Å². The van der Waals surface area contributed by atoms with Gasteiger partial charge in [0.1, 0.15) is 0 Å². The molecule has 2 aromatic rings. The molecule has 94 valence electrons. The van der Waals surface area contributed by atoms with E-state index in [0.717, 1.165) is 21.4 Å². The standard InChI is InChI=1S/C13H12BrN3.ClH/c1-10(11-3-2-8-15-9-11)16-17-13-6-4-12(14)5-7-13;/h2-9,17H,1H3;1H/b16-10-;. The zero-order valence-electron chi connectivity index (χ0n) is 9.80. The molecule has 0 radical (unpaired) electrons. The number of nitrogens with one attached hydrogen (secondary N) is 1. The van der Waals surface area contributed by atoms with E-state index in [1.807, 2.05) is 43.3 Å². The molecule has 18 heavy (non-hydrogen) atoms. The Morgan fingerprint density at radius 3 is 2.56 bits per heavy atom. The van der Waals surface area contributed by atoms with Gasteiger partial charge >= 0.3 is 0 Å². The van der Waals surface area contributed by atoms with Crippen molar-refractivity contribution < 1.29 is 0 Å². The van der Waals surface area contributed by atoms with Crippen molar-refractivity contribution in [2.45, 2.75) is 6.92 Å². The van der Waals surface area contributed by atoms with Crippen LogP contribution in [0.1, 0.15) is 12.5 Å².